The van der Waals surface area contributed by atoms with Crippen LogP contribution < -0.4 is 5.73 Å². The number of hydrogen-bond donors (Lipinski definition) is 1. The van der Waals surface area contributed by atoms with Crippen LogP contribution in [0.3, 0.4) is 0 Å². The third kappa shape index (κ3) is 2.97. The van der Waals surface area contributed by atoms with Crippen LogP contribution in [0.2, 0.25) is 5.02 Å². The number of hydrogen-bond acceptors (Lipinski definition) is 4. The van der Waals surface area contributed by atoms with Gasteiger partial charge in [-0.15, -0.1) is 0 Å². The topological polar surface area (TPSA) is 64.4 Å². The number of likely N-dealkylation sites (tertiary alicyclic amines) is 1. The Morgan fingerprint density at radius 1 is 1.43 bits per heavy atom. The van der Waals surface area contributed by atoms with Gasteiger partial charge in [0.25, 0.3) is 4.84 Å². The molecule has 1 saturated heterocycles. The summed E-state index contributed by atoms with van der Waals surface area (Å²) in [5, 5.41) is 0.626. The molecule has 1 amide bonds. The Morgan fingerprint density at radius 2 is 2.14 bits per heavy atom. The van der Waals surface area contributed by atoms with Crippen LogP contribution in [0, 0.1) is 10.8 Å². The van der Waals surface area contributed by atoms with E-state index in [0.717, 1.165) is 31.4 Å². The van der Waals surface area contributed by atoms with Crippen LogP contribution in [0.15, 0.2) is 22.6 Å². The fourth-order valence-electron chi connectivity index (χ4n) is 2.73. The van der Waals surface area contributed by atoms with Gasteiger partial charge in [0, 0.05) is 30.1 Å². The van der Waals surface area contributed by atoms with Crippen LogP contribution in [0.1, 0.15) is 12.8 Å². The zero-order chi connectivity index (χ0) is 15.0. The summed E-state index contributed by atoms with van der Waals surface area (Å²) in [6, 6.07) is 5.50. The Kier molecular flexibility index (Phi) is 4.01. The first-order chi connectivity index (χ1) is 10.0. The Hall–Kier alpha value is -1.37. The summed E-state index contributed by atoms with van der Waals surface area (Å²) in [4.78, 5) is 13.9. The molecule has 1 aliphatic rings. The standard InChI is InChI=1S/C14H16ClN3O2S/c15-10-1-2-11-12(7-10)20-14(21)18(11)8-17-5-3-9(4-6-17)13(16)19/h1-2,7,9H,3-6,8H2,(H2,16,19). The van der Waals surface area contributed by atoms with Gasteiger partial charge in [-0.3, -0.25) is 14.3 Å². The van der Waals surface area contributed by atoms with Gasteiger partial charge in [0.1, 0.15) is 0 Å². The first-order valence-corrected chi connectivity index (χ1v) is 7.64. The van der Waals surface area contributed by atoms with Gasteiger partial charge < -0.3 is 10.2 Å². The number of piperidine rings is 1. The number of primary amides is 1. The quantitative estimate of drug-likeness (QED) is 0.881. The summed E-state index contributed by atoms with van der Waals surface area (Å²) in [6.07, 6.45) is 1.59. The van der Waals surface area contributed by atoms with E-state index >= 15 is 0 Å². The number of aromatic nitrogens is 1. The minimum Gasteiger partial charge on any atom is -0.429 e. The van der Waals surface area contributed by atoms with Gasteiger partial charge in [-0.05, 0) is 37.2 Å². The number of carbonyl (C=O) groups excluding carboxylic acids is 1. The van der Waals surface area contributed by atoms with Crippen molar-refractivity contribution in [2.75, 3.05) is 13.1 Å². The van der Waals surface area contributed by atoms with Crippen molar-refractivity contribution in [1.29, 1.82) is 0 Å². The van der Waals surface area contributed by atoms with Gasteiger partial charge in [0.05, 0.1) is 12.2 Å². The Bertz CT molecular complexity index is 731. The van der Waals surface area contributed by atoms with Crippen LogP contribution in [0.25, 0.3) is 11.1 Å². The smallest absolute Gasteiger partial charge is 0.270 e. The van der Waals surface area contributed by atoms with E-state index in [1.165, 1.54) is 0 Å². The van der Waals surface area contributed by atoms with E-state index in [4.69, 9.17) is 34.0 Å². The molecule has 0 radical (unpaired) electrons. The van der Waals surface area contributed by atoms with Crippen molar-refractivity contribution in [3.63, 3.8) is 0 Å². The second kappa shape index (κ2) is 5.79. The molecule has 0 saturated carbocycles. The van der Waals surface area contributed by atoms with Gasteiger partial charge in [-0.1, -0.05) is 11.6 Å². The Labute approximate surface area is 132 Å². The lowest BCUT2D eigenvalue weighted by Gasteiger charge is -2.30. The lowest BCUT2D eigenvalue weighted by Crippen LogP contribution is -2.39. The van der Waals surface area contributed by atoms with E-state index in [2.05, 4.69) is 4.90 Å². The average molecular weight is 326 g/mol. The van der Waals surface area contributed by atoms with E-state index in [9.17, 15) is 4.79 Å². The molecule has 112 valence electrons. The lowest BCUT2D eigenvalue weighted by atomic mass is 9.97. The maximum absolute atomic E-state index is 11.2. The van der Waals surface area contributed by atoms with Crippen molar-refractivity contribution in [3.05, 3.63) is 28.1 Å². The molecule has 21 heavy (non-hydrogen) atoms. The highest BCUT2D eigenvalue weighted by molar-refractivity contribution is 7.71. The summed E-state index contributed by atoms with van der Waals surface area (Å²) in [5.74, 6) is -0.205. The third-order valence-corrected chi connectivity index (χ3v) is 4.50. The zero-order valence-corrected chi connectivity index (χ0v) is 13.0. The van der Waals surface area contributed by atoms with Crippen molar-refractivity contribution >= 4 is 40.8 Å². The minimum absolute atomic E-state index is 0.00544. The molecule has 7 heteroatoms. The number of amides is 1. The molecular weight excluding hydrogens is 310 g/mol. The monoisotopic (exact) mass is 325 g/mol. The van der Waals surface area contributed by atoms with E-state index < -0.39 is 0 Å². The van der Waals surface area contributed by atoms with Crippen LogP contribution in [0.4, 0.5) is 0 Å². The summed E-state index contributed by atoms with van der Waals surface area (Å²) in [5.41, 5.74) is 6.98. The highest BCUT2D eigenvalue weighted by Gasteiger charge is 2.23. The summed E-state index contributed by atoms with van der Waals surface area (Å²) in [6.45, 7) is 2.31. The Balaban J connectivity index is 1.78. The molecule has 2 aromatic rings. The number of oxazole rings is 1. The average Bonchev–Trinajstić information content (AvgIpc) is 2.75. The molecule has 0 bridgehead atoms. The highest BCUT2D eigenvalue weighted by atomic mass is 35.5. The van der Waals surface area contributed by atoms with Crippen LogP contribution in [-0.2, 0) is 11.5 Å². The molecule has 5 nitrogen and oxygen atoms in total. The molecule has 3 rings (SSSR count). The zero-order valence-electron chi connectivity index (χ0n) is 11.4. The molecule has 1 aromatic carbocycles. The maximum Gasteiger partial charge on any atom is 0.270 e. The number of fused-ring (bicyclic) bond motifs is 1. The number of carbonyl (C=O) groups is 1. The molecular formula is C14H16ClN3O2S. The number of halogens is 1. The van der Waals surface area contributed by atoms with Crippen molar-refractivity contribution in [2.24, 2.45) is 11.7 Å². The van der Waals surface area contributed by atoms with Crippen molar-refractivity contribution in [2.45, 2.75) is 19.5 Å². The largest absolute Gasteiger partial charge is 0.429 e. The summed E-state index contributed by atoms with van der Waals surface area (Å²) in [7, 11) is 0. The van der Waals surface area contributed by atoms with Crippen molar-refractivity contribution < 1.29 is 9.21 Å². The second-order valence-corrected chi connectivity index (χ2v) is 6.13. The molecule has 0 spiro atoms. The number of rotatable bonds is 3. The normalized spacial score (nSPS) is 17.4. The molecule has 2 N–H and O–H groups in total. The Morgan fingerprint density at radius 3 is 2.81 bits per heavy atom. The van der Waals surface area contributed by atoms with Crippen LogP contribution >= 0.6 is 23.8 Å². The molecule has 2 heterocycles. The number of benzene rings is 1. The molecule has 0 unspecified atom stereocenters. The molecule has 0 aliphatic carbocycles. The molecule has 1 aliphatic heterocycles. The van der Waals surface area contributed by atoms with Gasteiger partial charge in [0.2, 0.25) is 5.91 Å². The SMILES string of the molecule is NC(=O)C1CCN(Cn2c(=S)oc3cc(Cl)ccc32)CC1. The maximum atomic E-state index is 11.2. The van der Waals surface area contributed by atoms with E-state index in [-0.39, 0.29) is 11.8 Å². The predicted octanol–water partition coefficient (Wildman–Crippen LogP) is 2.77. The van der Waals surface area contributed by atoms with Gasteiger partial charge in [0.15, 0.2) is 5.58 Å². The lowest BCUT2D eigenvalue weighted by molar-refractivity contribution is -0.123. The molecule has 1 aromatic heterocycles. The fourth-order valence-corrected chi connectivity index (χ4v) is 3.14. The minimum atomic E-state index is -0.199. The molecule has 1 fully saturated rings. The van der Waals surface area contributed by atoms with E-state index in [0.29, 0.717) is 22.1 Å². The highest BCUT2D eigenvalue weighted by Crippen LogP contribution is 2.23. The van der Waals surface area contributed by atoms with E-state index in [1.807, 2.05) is 16.7 Å². The van der Waals surface area contributed by atoms with Crippen LogP contribution in [-0.4, -0.2) is 28.5 Å². The summed E-state index contributed by atoms with van der Waals surface area (Å²) < 4.78 is 7.52. The third-order valence-electron chi connectivity index (χ3n) is 3.96. The number of nitrogens with two attached hydrogens (primary N) is 1. The molecule has 0 atom stereocenters. The van der Waals surface area contributed by atoms with E-state index in [1.54, 1.807) is 6.07 Å². The van der Waals surface area contributed by atoms with Crippen LogP contribution in [0.5, 0.6) is 0 Å². The first-order valence-electron chi connectivity index (χ1n) is 6.85. The van der Waals surface area contributed by atoms with Crippen molar-refractivity contribution in [3.8, 4) is 0 Å². The first kappa shape index (κ1) is 14.6. The van der Waals surface area contributed by atoms with Gasteiger partial charge in [-0.2, -0.15) is 0 Å². The number of nitrogens with zero attached hydrogens (tertiary/aromatic N) is 2. The van der Waals surface area contributed by atoms with Gasteiger partial charge in [-0.25, -0.2) is 0 Å². The van der Waals surface area contributed by atoms with Gasteiger partial charge >= 0.3 is 0 Å². The van der Waals surface area contributed by atoms with Crippen molar-refractivity contribution in [1.82, 2.24) is 9.47 Å². The second-order valence-electron chi connectivity index (χ2n) is 5.34. The predicted molar refractivity (Wildman–Crippen MR) is 83.5 cm³/mol. The summed E-state index contributed by atoms with van der Waals surface area (Å²) >= 11 is 11.2. The fraction of sp³-hybridized carbons (Fsp3) is 0.429.